The molecule has 0 radical (unpaired) electrons. The lowest BCUT2D eigenvalue weighted by Gasteiger charge is -2.20. The number of rotatable bonds is 4. The smallest absolute Gasteiger partial charge is 0.176 e. The Morgan fingerprint density at radius 2 is 1.59 bits per heavy atom. The highest BCUT2D eigenvalue weighted by Gasteiger charge is 2.13. The molecule has 116 valence electrons. The van der Waals surface area contributed by atoms with Crippen molar-refractivity contribution in [2.75, 3.05) is 6.54 Å². The van der Waals surface area contributed by atoms with Crippen LogP contribution in [-0.4, -0.2) is 18.4 Å². The molecular weight excluding hydrogens is 270 g/mol. The molecule has 0 saturated heterocycles. The summed E-state index contributed by atoms with van der Waals surface area (Å²) < 4.78 is 0. The number of hydrogen-bond donors (Lipinski definition) is 1. The molecule has 2 aromatic rings. The first kappa shape index (κ1) is 15.2. The van der Waals surface area contributed by atoms with E-state index in [9.17, 15) is 4.79 Å². The second kappa shape index (κ2) is 7.55. The van der Waals surface area contributed by atoms with Crippen LogP contribution >= 0.6 is 0 Å². The van der Waals surface area contributed by atoms with Crippen LogP contribution in [0, 0.1) is 0 Å². The third-order valence-electron chi connectivity index (χ3n) is 4.73. The fourth-order valence-corrected chi connectivity index (χ4v) is 3.36. The number of fused-ring (bicyclic) bond motifs is 1. The molecule has 0 aliphatic heterocycles. The third kappa shape index (κ3) is 3.95. The summed E-state index contributed by atoms with van der Waals surface area (Å²) in [6.45, 7) is 0.461. The van der Waals surface area contributed by atoms with Crippen LogP contribution < -0.4 is 5.32 Å². The summed E-state index contributed by atoms with van der Waals surface area (Å²) in [6, 6.07) is 14.7. The van der Waals surface area contributed by atoms with E-state index in [4.69, 9.17) is 0 Å². The highest BCUT2D eigenvalue weighted by molar-refractivity contribution is 6.01. The Labute approximate surface area is 132 Å². The number of benzene rings is 2. The van der Waals surface area contributed by atoms with Gasteiger partial charge in [0, 0.05) is 11.6 Å². The fourth-order valence-electron chi connectivity index (χ4n) is 3.36. The lowest BCUT2D eigenvalue weighted by Crippen LogP contribution is -2.34. The van der Waals surface area contributed by atoms with Crippen LogP contribution in [0.2, 0.25) is 0 Å². The van der Waals surface area contributed by atoms with E-state index < -0.39 is 0 Å². The zero-order valence-corrected chi connectivity index (χ0v) is 13.2. The summed E-state index contributed by atoms with van der Waals surface area (Å²) in [7, 11) is 0. The van der Waals surface area contributed by atoms with Crippen LogP contribution in [0.4, 0.5) is 0 Å². The van der Waals surface area contributed by atoms with Gasteiger partial charge in [0.1, 0.15) is 0 Å². The van der Waals surface area contributed by atoms with E-state index >= 15 is 0 Å². The van der Waals surface area contributed by atoms with Crippen molar-refractivity contribution in [1.82, 2.24) is 5.32 Å². The zero-order valence-electron chi connectivity index (χ0n) is 13.2. The number of nitrogens with one attached hydrogen (secondary N) is 1. The van der Waals surface area contributed by atoms with Crippen LogP contribution in [0.5, 0.6) is 0 Å². The van der Waals surface area contributed by atoms with E-state index in [1.807, 2.05) is 30.3 Å². The summed E-state index contributed by atoms with van der Waals surface area (Å²) in [6.07, 6.45) is 9.08. The van der Waals surface area contributed by atoms with E-state index in [0.29, 0.717) is 12.6 Å². The lowest BCUT2D eigenvalue weighted by atomic mass is 9.96. The molecule has 1 fully saturated rings. The summed E-state index contributed by atoms with van der Waals surface area (Å²) in [5, 5.41) is 5.81. The molecule has 2 heteroatoms. The highest BCUT2D eigenvalue weighted by atomic mass is 16.1. The fraction of sp³-hybridized carbons (Fsp3) is 0.450. The number of carbonyl (C=O) groups excluding carboxylic acids is 1. The summed E-state index contributed by atoms with van der Waals surface area (Å²) in [5.74, 6) is 0.202. The number of hydrogen-bond acceptors (Lipinski definition) is 2. The zero-order chi connectivity index (χ0) is 15.2. The first-order valence-electron chi connectivity index (χ1n) is 8.58. The van der Waals surface area contributed by atoms with E-state index in [1.165, 1.54) is 50.3 Å². The standard InChI is InChI=1S/C20H25NO/c22-20(15-21-19-10-4-2-1-3-5-11-19)18-13-12-16-8-6-7-9-17(16)14-18/h6-9,12-14,19,21H,1-5,10-11,15H2. The molecule has 0 spiro atoms. The lowest BCUT2D eigenvalue weighted by molar-refractivity contribution is 0.0985. The van der Waals surface area contributed by atoms with Crippen molar-refractivity contribution < 1.29 is 4.79 Å². The van der Waals surface area contributed by atoms with Gasteiger partial charge in [0.15, 0.2) is 5.78 Å². The Hall–Kier alpha value is -1.67. The van der Waals surface area contributed by atoms with Crippen molar-refractivity contribution in [3.63, 3.8) is 0 Å². The molecule has 0 atom stereocenters. The van der Waals surface area contributed by atoms with Gasteiger partial charge in [-0.05, 0) is 29.7 Å². The number of carbonyl (C=O) groups is 1. The molecule has 22 heavy (non-hydrogen) atoms. The summed E-state index contributed by atoms with van der Waals surface area (Å²) in [4.78, 5) is 12.4. The minimum absolute atomic E-state index is 0.202. The first-order valence-corrected chi connectivity index (χ1v) is 8.58. The molecule has 0 heterocycles. The van der Waals surface area contributed by atoms with E-state index in [2.05, 4.69) is 17.4 Å². The monoisotopic (exact) mass is 295 g/mol. The topological polar surface area (TPSA) is 29.1 Å². The van der Waals surface area contributed by atoms with Crippen LogP contribution in [-0.2, 0) is 0 Å². The second-order valence-corrected chi connectivity index (χ2v) is 6.41. The van der Waals surface area contributed by atoms with Crippen molar-refractivity contribution >= 4 is 16.6 Å². The molecule has 0 amide bonds. The van der Waals surface area contributed by atoms with Crippen molar-refractivity contribution in [2.24, 2.45) is 0 Å². The van der Waals surface area contributed by atoms with Crippen molar-refractivity contribution in [3.05, 3.63) is 48.0 Å². The predicted molar refractivity (Wildman–Crippen MR) is 92.4 cm³/mol. The minimum Gasteiger partial charge on any atom is -0.307 e. The molecule has 0 aromatic heterocycles. The maximum Gasteiger partial charge on any atom is 0.176 e. The molecule has 0 bridgehead atoms. The van der Waals surface area contributed by atoms with Gasteiger partial charge < -0.3 is 5.32 Å². The average molecular weight is 295 g/mol. The van der Waals surface area contributed by atoms with Crippen molar-refractivity contribution in [1.29, 1.82) is 0 Å². The maximum absolute atomic E-state index is 12.4. The van der Waals surface area contributed by atoms with E-state index in [0.717, 1.165) is 10.9 Å². The third-order valence-corrected chi connectivity index (χ3v) is 4.73. The maximum atomic E-state index is 12.4. The van der Waals surface area contributed by atoms with Gasteiger partial charge in [-0.1, -0.05) is 68.5 Å². The Kier molecular flexibility index (Phi) is 5.23. The summed E-state index contributed by atoms with van der Waals surface area (Å²) in [5.41, 5.74) is 0.817. The Morgan fingerprint density at radius 1 is 0.909 bits per heavy atom. The predicted octanol–water partition coefficient (Wildman–Crippen LogP) is 4.73. The van der Waals surface area contributed by atoms with Gasteiger partial charge in [-0.25, -0.2) is 0 Å². The molecule has 0 unspecified atom stereocenters. The largest absolute Gasteiger partial charge is 0.307 e. The molecule has 1 aliphatic rings. The van der Waals surface area contributed by atoms with Gasteiger partial charge in [-0.3, -0.25) is 4.79 Å². The minimum atomic E-state index is 0.202. The van der Waals surface area contributed by atoms with Gasteiger partial charge in [0.2, 0.25) is 0 Å². The van der Waals surface area contributed by atoms with Crippen LogP contribution in [0.25, 0.3) is 10.8 Å². The molecule has 1 N–H and O–H groups in total. The van der Waals surface area contributed by atoms with Crippen LogP contribution in [0.1, 0.15) is 55.3 Å². The van der Waals surface area contributed by atoms with Crippen LogP contribution in [0.15, 0.2) is 42.5 Å². The highest BCUT2D eigenvalue weighted by Crippen LogP contribution is 2.18. The van der Waals surface area contributed by atoms with Crippen molar-refractivity contribution in [2.45, 2.75) is 51.0 Å². The Balaban J connectivity index is 1.60. The first-order chi connectivity index (χ1) is 10.8. The van der Waals surface area contributed by atoms with Gasteiger partial charge >= 0.3 is 0 Å². The van der Waals surface area contributed by atoms with Gasteiger partial charge in [0.25, 0.3) is 0 Å². The molecule has 2 aromatic carbocycles. The molecule has 3 rings (SSSR count). The number of ketones is 1. The molecule has 1 aliphatic carbocycles. The number of Topliss-reactive ketones (excluding diaryl/α,β-unsaturated/α-hetero) is 1. The van der Waals surface area contributed by atoms with Gasteiger partial charge in [-0.15, -0.1) is 0 Å². The summed E-state index contributed by atoms with van der Waals surface area (Å²) >= 11 is 0. The SMILES string of the molecule is O=C(CNC1CCCCCCC1)c1ccc2ccccc2c1. The van der Waals surface area contributed by atoms with Gasteiger partial charge in [-0.2, -0.15) is 0 Å². The Bertz CT molecular complexity index is 626. The van der Waals surface area contributed by atoms with E-state index in [1.54, 1.807) is 0 Å². The van der Waals surface area contributed by atoms with Crippen molar-refractivity contribution in [3.8, 4) is 0 Å². The van der Waals surface area contributed by atoms with Crippen LogP contribution in [0.3, 0.4) is 0 Å². The van der Waals surface area contributed by atoms with E-state index in [-0.39, 0.29) is 5.78 Å². The molecule has 2 nitrogen and oxygen atoms in total. The molecule has 1 saturated carbocycles. The Morgan fingerprint density at radius 3 is 2.36 bits per heavy atom. The second-order valence-electron chi connectivity index (χ2n) is 6.41. The average Bonchev–Trinajstić information content (AvgIpc) is 2.53. The molecular formula is C20H25NO. The normalized spacial score (nSPS) is 17.1. The quantitative estimate of drug-likeness (QED) is 0.827. The van der Waals surface area contributed by atoms with Gasteiger partial charge in [0.05, 0.1) is 6.54 Å².